The molecule has 0 aliphatic rings. The predicted octanol–water partition coefficient (Wildman–Crippen LogP) is 3.28. The maximum absolute atomic E-state index is 10.1. The summed E-state index contributed by atoms with van der Waals surface area (Å²) < 4.78 is 5.84. The molecule has 114 valence electrons. The zero-order valence-corrected chi connectivity index (χ0v) is 13.3. The van der Waals surface area contributed by atoms with Crippen LogP contribution < -0.4 is 4.74 Å². The number of nitrogens with zero attached hydrogens (tertiary/aromatic N) is 1. The van der Waals surface area contributed by atoms with Crippen LogP contribution in [0.4, 0.5) is 0 Å². The maximum Gasteiger partial charge on any atom is 0.122 e. The molecule has 0 radical (unpaired) electrons. The Morgan fingerprint density at radius 1 is 1.15 bits per heavy atom. The van der Waals surface area contributed by atoms with Crippen LogP contribution in [0.2, 0.25) is 0 Å². The van der Waals surface area contributed by atoms with Gasteiger partial charge in [-0.15, -0.1) is 0 Å². The van der Waals surface area contributed by atoms with Crippen molar-refractivity contribution in [2.45, 2.75) is 46.1 Å². The Balaban J connectivity index is 2.57. The van der Waals surface area contributed by atoms with Gasteiger partial charge in [-0.05, 0) is 37.1 Å². The van der Waals surface area contributed by atoms with E-state index in [0.29, 0.717) is 19.1 Å². The summed E-state index contributed by atoms with van der Waals surface area (Å²) in [5, 5.41) is 10.1. The van der Waals surface area contributed by atoms with E-state index < -0.39 is 6.10 Å². The fraction of sp³-hybridized carbons (Fsp3) is 0.647. The SMILES string of the molecule is CC[C@H](C)c1ccccc1OC[C@@H](O)CN(CC)CC. The van der Waals surface area contributed by atoms with Crippen LogP contribution >= 0.6 is 0 Å². The van der Waals surface area contributed by atoms with Gasteiger partial charge in [-0.25, -0.2) is 0 Å². The highest BCUT2D eigenvalue weighted by Crippen LogP contribution is 2.28. The minimum absolute atomic E-state index is 0.351. The number of hydrogen-bond acceptors (Lipinski definition) is 3. The first-order valence-corrected chi connectivity index (χ1v) is 7.74. The van der Waals surface area contributed by atoms with Gasteiger partial charge < -0.3 is 14.7 Å². The number of ether oxygens (including phenoxy) is 1. The molecule has 1 aromatic rings. The molecule has 1 aromatic carbocycles. The first kappa shape index (κ1) is 17.0. The van der Waals surface area contributed by atoms with Gasteiger partial charge in [-0.1, -0.05) is 45.9 Å². The van der Waals surface area contributed by atoms with Crippen LogP contribution in [0.3, 0.4) is 0 Å². The van der Waals surface area contributed by atoms with Crippen LogP contribution in [0, 0.1) is 0 Å². The van der Waals surface area contributed by atoms with E-state index in [1.54, 1.807) is 0 Å². The highest BCUT2D eigenvalue weighted by molar-refractivity contribution is 5.35. The molecule has 0 fully saturated rings. The summed E-state index contributed by atoms with van der Waals surface area (Å²) in [6.45, 7) is 11.5. The van der Waals surface area contributed by atoms with Crippen molar-refractivity contribution < 1.29 is 9.84 Å². The van der Waals surface area contributed by atoms with Crippen molar-refractivity contribution in [3.05, 3.63) is 29.8 Å². The zero-order valence-electron chi connectivity index (χ0n) is 13.3. The van der Waals surface area contributed by atoms with Crippen LogP contribution in [0.25, 0.3) is 0 Å². The summed E-state index contributed by atoms with van der Waals surface area (Å²) in [5.74, 6) is 1.38. The molecule has 0 aliphatic carbocycles. The third kappa shape index (κ3) is 5.14. The van der Waals surface area contributed by atoms with Gasteiger partial charge in [0.1, 0.15) is 18.5 Å². The monoisotopic (exact) mass is 279 g/mol. The van der Waals surface area contributed by atoms with E-state index in [9.17, 15) is 5.11 Å². The summed E-state index contributed by atoms with van der Waals surface area (Å²) in [4.78, 5) is 2.20. The lowest BCUT2D eigenvalue weighted by atomic mass is 9.98. The number of benzene rings is 1. The molecule has 0 aromatic heterocycles. The number of para-hydroxylation sites is 1. The molecule has 0 heterocycles. The van der Waals surface area contributed by atoms with E-state index in [2.05, 4.69) is 38.7 Å². The van der Waals surface area contributed by atoms with E-state index >= 15 is 0 Å². The molecule has 0 saturated heterocycles. The number of likely N-dealkylation sites (N-methyl/N-ethyl adjacent to an activating group) is 1. The van der Waals surface area contributed by atoms with Gasteiger partial charge in [0, 0.05) is 6.54 Å². The molecule has 0 unspecified atom stereocenters. The molecule has 0 saturated carbocycles. The first-order valence-electron chi connectivity index (χ1n) is 7.74. The van der Waals surface area contributed by atoms with Gasteiger partial charge in [0.25, 0.3) is 0 Å². The Hall–Kier alpha value is -1.06. The number of rotatable bonds is 9. The minimum atomic E-state index is -0.445. The lowest BCUT2D eigenvalue weighted by Gasteiger charge is -2.23. The second-order valence-electron chi connectivity index (χ2n) is 5.30. The van der Waals surface area contributed by atoms with Crippen molar-refractivity contribution in [3.63, 3.8) is 0 Å². The summed E-state index contributed by atoms with van der Waals surface area (Å²) in [6, 6.07) is 8.13. The Morgan fingerprint density at radius 2 is 1.80 bits per heavy atom. The summed E-state index contributed by atoms with van der Waals surface area (Å²) >= 11 is 0. The van der Waals surface area contributed by atoms with Crippen molar-refractivity contribution in [1.29, 1.82) is 0 Å². The smallest absolute Gasteiger partial charge is 0.122 e. The van der Waals surface area contributed by atoms with E-state index in [1.807, 2.05) is 18.2 Å². The molecule has 0 spiro atoms. The number of aliphatic hydroxyl groups is 1. The van der Waals surface area contributed by atoms with E-state index in [4.69, 9.17) is 4.74 Å². The van der Waals surface area contributed by atoms with Gasteiger partial charge in [-0.2, -0.15) is 0 Å². The molecule has 3 heteroatoms. The average molecular weight is 279 g/mol. The standard InChI is InChI=1S/C17H29NO2/c1-5-14(4)16-10-8-9-11-17(16)20-13-15(19)12-18(6-2)7-3/h8-11,14-15,19H,5-7,12-13H2,1-4H3/t14-,15-/m0/s1. The van der Waals surface area contributed by atoms with E-state index in [-0.39, 0.29) is 0 Å². The van der Waals surface area contributed by atoms with Gasteiger partial charge in [0.2, 0.25) is 0 Å². The molecular formula is C17H29NO2. The normalized spacial score (nSPS) is 14.3. The Bertz CT molecular complexity index is 377. The molecule has 0 aliphatic heterocycles. The van der Waals surface area contributed by atoms with Gasteiger partial charge in [-0.3, -0.25) is 0 Å². The highest BCUT2D eigenvalue weighted by Gasteiger charge is 2.13. The fourth-order valence-electron chi connectivity index (χ4n) is 2.26. The first-order chi connectivity index (χ1) is 9.62. The van der Waals surface area contributed by atoms with E-state index in [1.165, 1.54) is 5.56 Å². The van der Waals surface area contributed by atoms with Crippen molar-refractivity contribution in [3.8, 4) is 5.75 Å². The minimum Gasteiger partial charge on any atom is -0.491 e. The molecule has 0 amide bonds. The van der Waals surface area contributed by atoms with Crippen LogP contribution in [0.15, 0.2) is 24.3 Å². The average Bonchev–Trinajstić information content (AvgIpc) is 2.50. The summed E-state index contributed by atoms with van der Waals surface area (Å²) in [6.07, 6.45) is 0.641. The second kappa shape index (κ2) is 8.98. The predicted molar refractivity (Wildman–Crippen MR) is 84.4 cm³/mol. The molecule has 1 rings (SSSR count). The lowest BCUT2D eigenvalue weighted by Crippen LogP contribution is -2.35. The molecule has 3 nitrogen and oxygen atoms in total. The summed E-state index contributed by atoms with van der Waals surface area (Å²) in [5.41, 5.74) is 1.23. The Labute approximate surface area is 123 Å². The topological polar surface area (TPSA) is 32.7 Å². The van der Waals surface area contributed by atoms with Crippen molar-refractivity contribution in [2.75, 3.05) is 26.2 Å². The molecule has 0 bridgehead atoms. The van der Waals surface area contributed by atoms with Gasteiger partial charge in [0.05, 0.1) is 0 Å². The largest absolute Gasteiger partial charge is 0.491 e. The van der Waals surface area contributed by atoms with Crippen molar-refractivity contribution in [2.24, 2.45) is 0 Å². The van der Waals surface area contributed by atoms with Crippen LogP contribution in [0.1, 0.15) is 45.6 Å². The molecular weight excluding hydrogens is 250 g/mol. The second-order valence-corrected chi connectivity index (χ2v) is 5.30. The fourth-order valence-corrected chi connectivity index (χ4v) is 2.26. The third-order valence-corrected chi connectivity index (χ3v) is 3.86. The molecule has 1 N–H and O–H groups in total. The molecule has 20 heavy (non-hydrogen) atoms. The van der Waals surface area contributed by atoms with Crippen molar-refractivity contribution in [1.82, 2.24) is 4.90 Å². The van der Waals surface area contributed by atoms with E-state index in [0.717, 1.165) is 25.3 Å². The van der Waals surface area contributed by atoms with Crippen molar-refractivity contribution >= 4 is 0 Å². The Kier molecular flexibility index (Phi) is 7.63. The van der Waals surface area contributed by atoms with Crippen LogP contribution in [-0.4, -0.2) is 42.4 Å². The van der Waals surface area contributed by atoms with Gasteiger partial charge in [0.15, 0.2) is 0 Å². The third-order valence-electron chi connectivity index (χ3n) is 3.86. The Morgan fingerprint density at radius 3 is 2.40 bits per heavy atom. The van der Waals surface area contributed by atoms with Crippen LogP contribution in [-0.2, 0) is 0 Å². The number of aliphatic hydroxyl groups excluding tert-OH is 1. The summed E-state index contributed by atoms with van der Waals surface area (Å²) in [7, 11) is 0. The lowest BCUT2D eigenvalue weighted by molar-refractivity contribution is 0.0711. The zero-order chi connectivity index (χ0) is 15.0. The molecule has 2 atom stereocenters. The highest BCUT2D eigenvalue weighted by atomic mass is 16.5. The number of hydrogen-bond donors (Lipinski definition) is 1. The maximum atomic E-state index is 10.1. The van der Waals surface area contributed by atoms with Crippen LogP contribution in [0.5, 0.6) is 5.75 Å². The quantitative estimate of drug-likeness (QED) is 0.753. The van der Waals surface area contributed by atoms with Gasteiger partial charge >= 0.3 is 0 Å².